The van der Waals surface area contributed by atoms with Crippen molar-refractivity contribution in [2.24, 2.45) is 0 Å². The monoisotopic (exact) mass is 1840 g/mol. The average molecular weight is 1840 g/mol. The van der Waals surface area contributed by atoms with Crippen molar-refractivity contribution in [2.75, 3.05) is 0 Å². The van der Waals surface area contributed by atoms with Gasteiger partial charge in [-0.05, 0) is 214 Å². The lowest BCUT2D eigenvalue weighted by atomic mass is 9.67. The summed E-state index contributed by atoms with van der Waals surface area (Å²) in [4.78, 5) is 0. The molecule has 4 heterocycles. The second kappa shape index (κ2) is 33.0. The SMILES string of the molecule is Brc1ccc(-c2ccc(-c3cccc4oc5ccccc5c34)cc2)cc1.Brc1ccc2c(c1)C(c1ccccc1)(c1ccccc1)c1cc(-c3cccc4oc5ccccc5c34)ccc1-2.Brc1ccccc1-c1ccc(-c2ccccc2)c2oc3ccccc3c12.[2H]c1c([2H])c([2H])c(-c2cccc(-c3ccc(-c4cccc(Br)c4)c4c3oc3ccccc34)c2)c([2H])c1[2H]. The Labute approximate surface area is 752 Å². The highest BCUT2D eigenvalue weighted by Crippen LogP contribution is 2.58. The average Bonchev–Trinajstić information content (AvgIpc) is 1.53. The van der Waals surface area contributed by atoms with E-state index in [-0.39, 0.29) is 29.7 Å². The highest BCUT2D eigenvalue weighted by Gasteiger charge is 2.46. The van der Waals surface area contributed by atoms with Gasteiger partial charge in [0.2, 0.25) is 0 Å². The third-order valence-electron chi connectivity index (χ3n) is 23.4. The molecule has 19 aromatic carbocycles. The Bertz CT molecular complexity index is 8180. The van der Waals surface area contributed by atoms with E-state index in [9.17, 15) is 0 Å². The van der Waals surface area contributed by atoms with E-state index in [4.69, 9.17) is 24.5 Å². The van der Waals surface area contributed by atoms with E-state index in [1.54, 1.807) is 6.07 Å². The molecular weight excluding hydrogens is 1760 g/mol. The fraction of sp³-hybridized carbons (Fsp3) is 0.00870. The predicted octanol–water partition coefficient (Wildman–Crippen LogP) is 35.1. The number of para-hydroxylation sites is 4. The van der Waals surface area contributed by atoms with E-state index in [0.717, 1.165) is 134 Å². The van der Waals surface area contributed by atoms with E-state index >= 15 is 0 Å². The first-order valence-corrected chi connectivity index (χ1v) is 43.8. The minimum Gasteiger partial charge on any atom is -0.456 e. The van der Waals surface area contributed by atoms with Crippen LogP contribution in [0.1, 0.15) is 29.1 Å². The molecule has 0 atom stereocenters. The minimum absolute atomic E-state index is 0.180. The van der Waals surface area contributed by atoms with E-state index in [2.05, 4.69) is 355 Å². The first kappa shape index (κ1) is 71.1. The standard InChI is InChI=1S/C37H23BrO.C30H19BrO.2C24H15BrO/c38-27-19-21-30-29-20-18-24(28-15-9-17-35-36(28)31-14-7-8-16-34(31)39-35)22-32(29)37(33(30)23-27,25-10-3-1-4-11-25)26-12-5-2-6-13-26;31-24-13-7-12-23(19-24)25-16-17-26(30-29(25)27-14-4-5-15-28(27)32-30)22-11-6-10-21(18-22)20-8-2-1-3-9-20;25-19-14-12-17(13-15-19)16-8-10-18(11-9-16)20-5-3-7-23-24(20)21-4-1-2-6-22(21)26-23;25-21-12-6-4-10-18(21)19-15-14-17(16-8-2-1-3-9-16)24-23(19)20-11-5-7-13-22(20)26-24/h1-23H;1-19H;2*1-15H/i;1D,2D,3D,8D,9D;;. The van der Waals surface area contributed by atoms with Crippen molar-refractivity contribution < 1.29 is 24.5 Å². The summed E-state index contributed by atoms with van der Waals surface area (Å²) >= 11 is 14.6. The molecule has 0 radical (unpaired) electrons. The summed E-state index contributed by atoms with van der Waals surface area (Å²) in [5.74, 6) is 0. The summed E-state index contributed by atoms with van der Waals surface area (Å²) in [6.07, 6.45) is 0. The number of benzene rings is 19. The van der Waals surface area contributed by atoms with Crippen LogP contribution in [0.3, 0.4) is 0 Å². The highest BCUT2D eigenvalue weighted by molar-refractivity contribution is 9.11. The molecule has 0 bridgehead atoms. The molecule has 8 heteroatoms. The summed E-state index contributed by atoms with van der Waals surface area (Å²) in [5.41, 5.74) is 30.7. The van der Waals surface area contributed by atoms with Crippen LogP contribution in [0.25, 0.3) is 188 Å². The molecule has 0 saturated heterocycles. The Morgan fingerprint density at radius 1 is 0.203 bits per heavy atom. The molecule has 0 spiro atoms. The highest BCUT2D eigenvalue weighted by atomic mass is 79.9. The Morgan fingerprint density at radius 3 is 1.15 bits per heavy atom. The maximum atomic E-state index is 8.40. The number of fused-ring (bicyclic) bond motifs is 15. The fourth-order valence-corrected chi connectivity index (χ4v) is 19.4. The van der Waals surface area contributed by atoms with E-state index in [1.807, 2.05) is 109 Å². The smallest absolute Gasteiger partial charge is 0.143 e. The Balaban J connectivity index is 0.000000105. The van der Waals surface area contributed by atoms with Crippen LogP contribution in [0, 0.1) is 0 Å². The van der Waals surface area contributed by atoms with Gasteiger partial charge in [0, 0.05) is 72.1 Å². The molecule has 584 valence electrons. The van der Waals surface area contributed by atoms with Crippen molar-refractivity contribution in [3.63, 3.8) is 0 Å². The van der Waals surface area contributed by atoms with E-state index in [0.29, 0.717) is 5.56 Å². The predicted molar refractivity (Wildman–Crippen MR) is 526 cm³/mol. The normalized spacial score (nSPS) is 12.5. The van der Waals surface area contributed by atoms with Crippen LogP contribution in [-0.4, -0.2) is 0 Å². The number of furan rings is 4. The molecular formula is C115H72Br4O4. The molecule has 123 heavy (non-hydrogen) atoms. The molecule has 1 aliphatic rings. The van der Waals surface area contributed by atoms with Gasteiger partial charge in [0.05, 0.1) is 12.3 Å². The van der Waals surface area contributed by atoms with Crippen molar-refractivity contribution in [3.8, 4) is 100 Å². The molecule has 0 amide bonds. The van der Waals surface area contributed by atoms with Crippen molar-refractivity contribution in [1.82, 2.24) is 0 Å². The third kappa shape index (κ3) is 14.2. The number of halogens is 4. The zero-order chi connectivity index (χ0) is 86.8. The van der Waals surface area contributed by atoms with Crippen molar-refractivity contribution in [1.29, 1.82) is 0 Å². The fourth-order valence-electron chi connectivity index (χ4n) is 17.9. The third-order valence-corrected chi connectivity index (χ3v) is 25.6. The Hall–Kier alpha value is -13.7. The van der Waals surface area contributed by atoms with Crippen molar-refractivity contribution in [3.05, 3.63) is 477 Å². The molecule has 0 saturated carbocycles. The number of rotatable bonds is 10. The van der Waals surface area contributed by atoms with Gasteiger partial charge in [0.1, 0.15) is 44.7 Å². The second-order valence-electron chi connectivity index (χ2n) is 30.4. The molecule has 1 aliphatic carbocycles. The first-order valence-electron chi connectivity index (χ1n) is 43.1. The van der Waals surface area contributed by atoms with Crippen LogP contribution < -0.4 is 0 Å². The van der Waals surface area contributed by atoms with Crippen LogP contribution >= 0.6 is 63.7 Å². The van der Waals surface area contributed by atoms with E-state index < -0.39 is 11.5 Å². The van der Waals surface area contributed by atoms with Gasteiger partial charge >= 0.3 is 0 Å². The lowest BCUT2D eigenvalue weighted by molar-refractivity contribution is 0.668. The Morgan fingerprint density at radius 2 is 0.561 bits per heavy atom. The zero-order valence-corrected chi connectivity index (χ0v) is 72.2. The molecule has 23 aromatic rings. The van der Waals surface area contributed by atoms with Gasteiger partial charge in [-0.1, -0.05) is 397 Å². The number of hydrogen-bond donors (Lipinski definition) is 0. The summed E-state index contributed by atoms with van der Waals surface area (Å²) in [7, 11) is 0. The Kier molecular flexibility index (Phi) is 19.1. The van der Waals surface area contributed by atoms with Gasteiger partial charge in [-0.2, -0.15) is 0 Å². The van der Waals surface area contributed by atoms with Crippen LogP contribution in [0.5, 0.6) is 0 Å². The van der Waals surface area contributed by atoms with Gasteiger partial charge in [-0.25, -0.2) is 0 Å². The summed E-state index contributed by atoms with van der Waals surface area (Å²) in [6.45, 7) is 0. The number of hydrogen-bond acceptors (Lipinski definition) is 4. The molecule has 4 nitrogen and oxygen atoms in total. The van der Waals surface area contributed by atoms with Gasteiger partial charge in [-0.3, -0.25) is 0 Å². The van der Waals surface area contributed by atoms with Gasteiger partial charge in [0.25, 0.3) is 0 Å². The topological polar surface area (TPSA) is 52.6 Å². The van der Waals surface area contributed by atoms with Gasteiger partial charge < -0.3 is 17.7 Å². The van der Waals surface area contributed by atoms with Crippen molar-refractivity contribution >= 4 is 151 Å². The summed E-state index contributed by atoms with van der Waals surface area (Å²) in [6, 6.07) is 139. The maximum Gasteiger partial charge on any atom is 0.143 e. The molecule has 4 aromatic heterocycles. The quantitative estimate of drug-likeness (QED) is 0.137. The molecule has 0 fully saturated rings. The van der Waals surface area contributed by atoms with Crippen LogP contribution in [0.4, 0.5) is 0 Å². The van der Waals surface area contributed by atoms with Gasteiger partial charge in [-0.15, -0.1) is 0 Å². The van der Waals surface area contributed by atoms with Crippen LogP contribution in [-0.2, 0) is 5.41 Å². The maximum absolute atomic E-state index is 8.40. The zero-order valence-electron chi connectivity index (χ0n) is 70.8. The second-order valence-corrected chi connectivity index (χ2v) is 34.0. The van der Waals surface area contributed by atoms with Gasteiger partial charge in [0.15, 0.2) is 0 Å². The van der Waals surface area contributed by atoms with Crippen molar-refractivity contribution in [2.45, 2.75) is 5.41 Å². The summed E-state index contributed by atoms with van der Waals surface area (Å²) < 4.78 is 70.1. The lowest BCUT2D eigenvalue weighted by Crippen LogP contribution is -2.28. The minimum atomic E-state index is -0.445. The largest absolute Gasteiger partial charge is 0.456 e. The first-order chi connectivity index (χ1) is 62.7. The summed E-state index contributed by atoms with van der Waals surface area (Å²) in [5, 5.41) is 8.97. The van der Waals surface area contributed by atoms with Crippen LogP contribution in [0.15, 0.2) is 472 Å². The molecule has 24 rings (SSSR count). The molecule has 0 unspecified atom stereocenters. The van der Waals surface area contributed by atoms with E-state index in [1.165, 1.54) is 83.3 Å². The lowest BCUT2D eigenvalue weighted by Gasteiger charge is -2.34. The van der Waals surface area contributed by atoms with Crippen LogP contribution in [0.2, 0.25) is 0 Å². The molecule has 0 aliphatic heterocycles. The molecule has 0 N–H and O–H groups in total.